The molecule has 0 aliphatic carbocycles. The fourth-order valence-corrected chi connectivity index (χ4v) is 2.40. The van der Waals surface area contributed by atoms with E-state index in [9.17, 15) is 9.59 Å². The summed E-state index contributed by atoms with van der Waals surface area (Å²) in [6.45, 7) is 7.38. The number of likely N-dealkylation sites (tertiary alicyclic amines) is 1. The second-order valence-electron chi connectivity index (χ2n) is 6.56. The highest BCUT2D eigenvalue weighted by Gasteiger charge is 2.30. The average molecular weight is 284 g/mol. The molecule has 0 radical (unpaired) electrons. The van der Waals surface area contributed by atoms with Crippen molar-refractivity contribution in [2.45, 2.75) is 58.9 Å². The third-order valence-electron chi connectivity index (χ3n) is 3.60. The van der Waals surface area contributed by atoms with Crippen molar-refractivity contribution in [1.82, 2.24) is 10.2 Å². The lowest BCUT2D eigenvalue weighted by molar-refractivity contribution is -0.140. The van der Waals surface area contributed by atoms with E-state index in [1.807, 2.05) is 25.7 Å². The second kappa shape index (κ2) is 7.62. The van der Waals surface area contributed by atoms with Gasteiger partial charge in [-0.2, -0.15) is 0 Å². The van der Waals surface area contributed by atoms with Gasteiger partial charge in [0, 0.05) is 37.6 Å². The fourth-order valence-electron chi connectivity index (χ4n) is 2.40. The minimum atomic E-state index is -0.333. The van der Waals surface area contributed by atoms with Gasteiger partial charge >= 0.3 is 0 Å². The molecule has 2 amide bonds. The molecule has 5 heteroatoms. The van der Waals surface area contributed by atoms with Crippen LogP contribution in [0.2, 0.25) is 0 Å². The number of nitrogens with zero attached hydrogens (tertiary/aromatic N) is 1. The number of hydrogen-bond acceptors (Lipinski definition) is 3. The number of carbonyl (C=O) groups excluding carboxylic acids is 2. The maximum absolute atomic E-state index is 12.1. The number of amides is 2. The average Bonchev–Trinajstić information content (AvgIpc) is 2.38. The number of piperidine rings is 1. The van der Waals surface area contributed by atoms with E-state index >= 15 is 0 Å². The van der Waals surface area contributed by atoms with Gasteiger partial charge in [0.05, 0.1) is 0 Å². The number of carbonyl (C=O) groups is 2. The van der Waals surface area contributed by atoms with Gasteiger partial charge in [0.1, 0.15) is 0 Å². The van der Waals surface area contributed by atoms with Crippen LogP contribution in [0, 0.1) is 5.41 Å². The van der Waals surface area contributed by atoms with Crippen LogP contribution in [0.4, 0.5) is 0 Å². The van der Waals surface area contributed by atoms with E-state index in [1.54, 1.807) is 0 Å². The molecule has 1 heterocycles. The van der Waals surface area contributed by atoms with Gasteiger partial charge in [-0.25, -0.2) is 0 Å². The molecule has 0 unspecified atom stereocenters. The van der Waals surface area contributed by atoms with E-state index in [4.69, 9.17) is 5.11 Å². The zero-order valence-electron chi connectivity index (χ0n) is 12.9. The van der Waals surface area contributed by atoms with E-state index < -0.39 is 0 Å². The molecule has 1 saturated heterocycles. The fraction of sp³-hybridized carbons (Fsp3) is 0.867. The summed E-state index contributed by atoms with van der Waals surface area (Å²) in [5.74, 6) is 0.240. The summed E-state index contributed by atoms with van der Waals surface area (Å²) in [6.07, 6.45) is 3.53. The molecule has 20 heavy (non-hydrogen) atoms. The Morgan fingerprint density at radius 3 is 2.30 bits per heavy atom. The standard InChI is InChI=1S/C15H28N2O3/c1-15(2,3)14(20)17-9-7-12(8-10-17)16-13(19)6-4-5-11-18/h12,18H,4-11H2,1-3H3,(H,16,19). The molecular formula is C15H28N2O3. The first-order valence-electron chi connectivity index (χ1n) is 7.54. The van der Waals surface area contributed by atoms with Crippen LogP contribution in [-0.4, -0.2) is 47.6 Å². The smallest absolute Gasteiger partial charge is 0.227 e. The molecule has 1 fully saturated rings. The Hall–Kier alpha value is -1.10. The van der Waals surface area contributed by atoms with Crippen molar-refractivity contribution < 1.29 is 14.7 Å². The summed E-state index contributed by atoms with van der Waals surface area (Å²) in [5.41, 5.74) is -0.333. The Morgan fingerprint density at radius 1 is 1.20 bits per heavy atom. The number of aliphatic hydroxyl groups is 1. The highest BCUT2D eigenvalue weighted by atomic mass is 16.3. The lowest BCUT2D eigenvalue weighted by atomic mass is 9.93. The summed E-state index contributed by atoms with van der Waals surface area (Å²) >= 11 is 0. The van der Waals surface area contributed by atoms with Crippen molar-refractivity contribution in [3.05, 3.63) is 0 Å². The Morgan fingerprint density at radius 2 is 1.80 bits per heavy atom. The maximum atomic E-state index is 12.1. The molecule has 2 N–H and O–H groups in total. The van der Waals surface area contributed by atoms with Crippen molar-refractivity contribution in [2.75, 3.05) is 19.7 Å². The van der Waals surface area contributed by atoms with E-state index in [-0.39, 0.29) is 29.9 Å². The molecule has 0 saturated carbocycles. The summed E-state index contributed by atoms with van der Waals surface area (Å²) in [4.78, 5) is 25.7. The number of nitrogens with one attached hydrogen (secondary N) is 1. The van der Waals surface area contributed by atoms with Gasteiger partial charge in [-0.1, -0.05) is 20.8 Å². The van der Waals surface area contributed by atoms with Crippen LogP contribution in [0.15, 0.2) is 0 Å². The third kappa shape index (κ3) is 5.49. The molecule has 1 aliphatic heterocycles. The molecule has 5 nitrogen and oxygen atoms in total. The van der Waals surface area contributed by atoms with Crippen molar-refractivity contribution in [3.8, 4) is 0 Å². The van der Waals surface area contributed by atoms with E-state index in [0.717, 1.165) is 32.4 Å². The quantitative estimate of drug-likeness (QED) is 0.748. The first-order chi connectivity index (χ1) is 9.34. The van der Waals surface area contributed by atoms with Gasteiger partial charge < -0.3 is 15.3 Å². The predicted octanol–water partition coefficient (Wildman–Crippen LogP) is 1.30. The summed E-state index contributed by atoms with van der Waals surface area (Å²) in [5, 5.41) is 11.7. The van der Waals surface area contributed by atoms with Crippen molar-refractivity contribution in [2.24, 2.45) is 5.41 Å². The van der Waals surface area contributed by atoms with Gasteiger partial charge in [0.15, 0.2) is 0 Å². The van der Waals surface area contributed by atoms with Gasteiger partial charge in [-0.05, 0) is 25.7 Å². The highest BCUT2D eigenvalue weighted by Crippen LogP contribution is 2.21. The van der Waals surface area contributed by atoms with Crippen molar-refractivity contribution in [3.63, 3.8) is 0 Å². The molecule has 1 rings (SSSR count). The summed E-state index contributed by atoms with van der Waals surface area (Å²) in [6, 6.07) is 0.181. The molecule has 1 aliphatic rings. The number of rotatable bonds is 5. The van der Waals surface area contributed by atoms with E-state index in [2.05, 4.69) is 5.32 Å². The largest absolute Gasteiger partial charge is 0.396 e. The second-order valence-corrected chi connectivity index (χ2v) is 6.56. The molecule has 0 aromatic rings. The predicted molar refractivity (Wildman–Crippen MR) is 78.1 cm³/mol. The summed E-state index contributed by atoms with van der Waals surface area (Å²) in [7, 11) is 0. The lowest BCUT2D eigenvalue weighted by Gasteiger charge is -2.36. The zero-order chi connectivity index (χ0) is 15.2. The third-order valence-corrected chi connectivity index (χ3v) is 3.60. The van der Waals surface area contributed by atoms with Crippen LogP contribution in [0.1, 0.15) is 52.9 Å². The normalized spacial score (nSPS) is 17.1. The molecule has 0 spiro atoms. The zero-order valence-corrected chi connectivity index (χ0v) is 12.9. The van der Waals surface area contributed by atoms with Crippen LogP contribution in [-0.2, 0) is 9.59 Å². The van der Waals surface area contributed by atoms with Gasteiger partial charge in [-0.3, -0.25) is 9.59 Å². The minimum Gasteiger partial charge on any atom is -0.396 e. The van der Waals surface area contributed by atoms with Crippen LogP contribution in [0.3, 0.4) is 0 Å². The molecule has 0 bridgehead atoms. The van der Waals surface area contributed by atoms with Crippen LogP contribution in [0.5, 0.6) is 0 Å². The topological polar surface area (TPSA) is 69.6 Å². The molecule has 0 aromatic heterocycles. The maximum Gasteiger partial charge on any atom is 0.227 e. The van der Waals surface area contributed by atoms with Gasteiger partial charge in [0.25, 0.3) is 0 Å². The van der Waals surface area contributed by atoms with Crippen LogP contribution < -0.4 is 5.32 Å². The first kappa shape index (κ1) is 17.0. The highest BCUT2D eigenvalue weighted by molar-refractivity contribution is 5.81. The molecular weight excluding hydrogens is 256 g/mol. The number of aliphatic hydroxyl groups excluding tert-OH is 1. The molecule has 0 atom stereocenters. The lowest BCUT2D eigenvalue weighted by Crippen LogP contribution is -2.49. The van der Waals surface area contributed by atoms with Crippen LogP contribution >= 0.6 is 0 Å². The van der Waals surface area contributed by atoms with Crippen molar-refractivity contribution >= 4 is 11.8 Å². The number of unbranched alkanes of at least 4 members (excludes halogenated alkanes) is 1. The Labute approximate surface area is 121 Å². The van der Waals surface area contributed by atoms with Gasteiger partial charge in [-0.15, -0.1) is 0 Å². The monoisotopic (exact) mass is 284 g/mol. The minimum absolute atomic E-state index is 0.0547. The Bertz CT molecular complexity index is 329. The first-order valence-corrected chi connectivity index (χ1v) is 7.54. The SMILES string of the molecule is CC(C)(C)C(=O)N1CCC(NC(=O)CCCCO)CC1. The van der Waals surface area contributed by atoms with E-state index in [0.29, 0.717) is 12.8 Å². The van der Waals surface area contributed by atoms with Crippen LogP contribution in [0.25, 0.3) is 0 Å². The summed E-state index contributed by atoms with van der Waals surface area (Å²) < 4.78 is 0. The molecule has 0 aromatic carbocycles. The van der Waals surface area contributed by atoms with Crippen molar-refractivity contribution in [1.29, 1.82) is 0 Å². The van der Waals surface area contributed by atoms with Gasteiger partial charge in [0.2, 0.25) is 11.8 Å². The number of hydrogen-bond donors (Lipinski definition) is 2. The van der Waals surface area contributed by atoms with E-state index in [1.165, 1.54) is 0 Å². The Kier molecular flexibility index (Phi) is 6.46. The molecule has 116 valence electrons. The Balaban J connectivity index is 2.28.